The van der Waals surface area contributed by atoms with Crippen LogP contribution in [0.1, 0.15) is 17.0 Å². The first-order valence-electron chi connectivity index (χ1n) is 11.0. The first kappa shape index (κ1) is 21.4. The van der Waals surface area contributed by atoms with E-state index in [4.69, 9.17) is 4.74 Å². The molecule has 1 heterocycles. The molecule has 1 N–H and O–H groups in total. The Balaban J connectivity index is 1.32. The molecular formula is C28H22FN3O2. The topological polar surface area (TPSA) is 53.9 Å². The summed E-state index contributed by atoms with van der Waals surface area (Å²) < 4.78 is 19.3. The molecule has 5 nitrogen and oxygen atoms in total. The summed E-state index contributed by atoms with van der Waals surface area (Å²) in [6.07, 6.45) is 0. The summed E-state index contributed by atoms with van der Waals surface area (Å²) in [4.78, 5) is 13.0. The third-order valence-electron chi connectivity index (χ3n) is 5.57. The average Bonchev–Trinajstić information content (AvgIpc) is 3.33. The van der Waals surface area contributed by atoms with Crippen molar-refractivity contribution in [2.75, 3.05) is 11.9 Å². The van der Waals surface area contributed by atoms with Crippen LogP contribution in [-0.2, 0) is 0 Å². The average molecular weight is 452 g/mol. The number of carbonyl (C=O) groups is 1. The molecule has 34 heavy (non-hydrogen) atoms. The van der Waals surface area contributed by atoms with Gasteiger partial charge in [-0.3, -0.25) is 0 Å². The molecule has 1 atom stereocenters. The largest absolute Gasteiger partial charge is 0.457 e. The molecule has 1 aliphatic heterocycles. The van der Waals surface area contributed by atoms with Crippen molar-refractivity contribution in [3.63, 3.8) is 0 Å². The Labute approximate surface area is 197 Å². The molecule has 0 aliphatic carbocycles. The fourth-order valence-electron chi connectivity index (χ4n) is 3.88. The van der Waals surface area contributed by atoms with Gasteiger partial charge in [0.25, 0.3) is 0 Å². The second-order valence-corrected chi connectivity index (χ2v) is 7.91. The Morgan fingerprint density at radius 1 is 0.824 bits per heavy atom. The van der Waals surface area contributed by atoms with Gasteiger partial charge in [0, 0.05) is 11.6 Å². The molecule has 0 saturated carbocycles. The molecule has 0 saturated heterocycles. The number of amides is 2. The van der Waals surface area contributed by atoms with E-state index < -0.39 is 0 Å². The van der Waals surface area contributed by atoms with Crippen LogP contribution in [0.4, 0.5) is 14.9 Å². The standard InChI is InChI=1S/C28H22FN3O2/c29-22-13-11-21(12-14-22)27-26(20-7-3-1-4-8-20)19-32(31-27)28(33)30-23-15-17-25(18-16-23)34-24-9-5-2-6-10-24/h1-18,26H,19H2,(H,30,33). The maximum absolute atomic E-state index is 13.5. The minimum Gasteiger partial charge on any atom is -0.457 e. The van der Waals surface area contributed by atoms with Crippen molar-refractivity contribution in [1.82, 2.24) is 5.01 Å². The number of urea groups is 1. The van der Waals surface area contributed by atoms with E-state index in [-0.39, 0.29) is 17.8 Å². The van der Waals surface area contributed by atoms with Crippen LogP contribution in [-0.4, -0.2) is 23.3 Å². The van der Waals surface area contributed by atoms with Crippen LogP contribution >= 0.6 is 0 Å². The van der Waals surface area contributed by atoms with Crippen molar-refractivity contribution < 1.29 is 13.9 Å². The Bertz CT molecular complexity index is 1290. The van der Waals surface area contributed by atoms with E-state index in [2.05, 4.69) is 10.4 Å². The Morgan fingerprint density at radius 3 is 2.12 bits per heavy atom. The van der Waals surface area contributed by atoms with Crippen LogP contribution in [0.5, 0.6) is 11.5 Å². The van der Waals surface area contributed by atoms with Crippen molar-refractivity contribution >= 4 is 17.4 Å². The summed E-state index contributed by atoms with van der Waals surface area (Å²) in [5, 5.41) is 8.92. The lowest BCUT2D eigenvalue weighted by molar-refractivity contribution is 0.218. The van der Waals surface area contributed by atoms with Crippen molar-refractivity contribution in [2.45, 2.75) is 5.92 Å². The zero-order valence-electron chi connectivity index (χ0n) is 18.3. The van der Waals surface area contributed by atoms with E-state index in [1.807, 2.05) is 60.7 Å². The van der Waals surface area contributed by atoms with E-state index in [1.54, 1.807) is 36.4 Å². The number of ether oxygens (including phenoxy) is 1. The second-order valence-electron chi connectivity index (χ2n) is 7.91. The molecule has 1 aliphatic rings. The van der Waals surface area contributed by atoms with Gasteiger partial charge < -0.3 is 10.1 Å². The number of nitrogens with zero attached hydrogens (tertiary/aromatic N) is 2. The van der Waals surface area contributed by atoms with Gasteiger partial charge in [-0.2, -0.15) is 5.10 Å². The van der Waals surface area contributed by atoms with Gasteiger partial charge in [0.15, 0.2) is 0 Å². The van der Waals surface area contributed by atoms with Gasteiger partial charge in [0.05, 0.1) is 12.3 Å². The number of hydrazone groups is 1. The van der Waals surface area contributed by atoms with Crippen LogP contribution in [0.3, 0.4) is 0 Å². The van der Waals surface area contributed by atoms with Gasteiger partial charge in [-0.1, -0.05) is 60.7 Å². The van der Waals surface area contributed by atoms with Crippen molar-refractivity contribution in [3.05, 3.63) is 126 Å². The fourth-order valence-corrected chi connectivity index (χ4v) is 3.88. The van der Waals surface area contributed by atoms with Crippen LogP contribution in [0.2, 0.25) is 0 Å². The molecule has 4 aromatic rings. The Morgan fingerprint density at radius 2 is 1.44 bits per heavy atom. The number of carbonyl (C=O) groups excluding carboxylic acids is 1. The number of benzene rings is 4. The van der Waals surface area contributed by atoms with E-state index in [1.165, 1.54) is 17.1 Å². The minimum atomic E-state index is -0.338. The van der Waals surface area contributed by atoms with Crippen LogP contribution in [0.25, 0.3) is 0 Å². The molecule has 168 valence electrons. The minimum absolute atomic E-state index is 0.112. The van der Waals surface area contributed by atoms with Crippen molar-refractivity contribution in [3.8, 4) is 11.5 Å². The zero-order valence-corrected chi connectivity index (χ0v) is 18.3. The third kappa shape index (κ3) is 4.81. The molecule has 2 amide bonds. The van der Waals surface area contributed by atoms with Gasteiger partial charge in [-0.05, 0) is 59.7 Å². The molecule has 0 bridgehead atoms. The molecular weight excluding hydrogens is 429 g/mol. The van der Waals surface area contributed by atoms with Gasteiger partial charge in [0.1, 0.15) is 17.3 Å². The summed E-state index contributed by atoms with van der Waals surface area (Å²) in [5.74, 6) is 0.990. The SMILES string of the molecule is O=C(Nc1ccc(Oc2ccccc2)cc1)N1CC(c2ccccc2)C(c2ccc(F)cc2)=N1. The predicted molar refractivity (Wildman–Crippen MR) is 131 cm³/mol. The summed E-state index contributed by atoms with van der Waals surface area (Å²) in [5.41, 5.74) is 3.19. The summed E-state index contributed by atoms with van der Waals surface area (Å²) in [7, 11) is 0. The quantitative estimate of drug-likeness (QED) is 0.369. The van der Waals surface area contributed by atoms with E-state index >= 15 is 0 Å². The first-order chi connectivity index (χ1) is 16.7. The van der Waals surface area contributed by atoms with Gasteiger partial charge in [0.2, 0.25) is 0 Å². The smallest absolute Gasteiger partial charge is 0.342 e. The molecule has 0 spiro atoms. The number of para-hydroxylation sites is 1. The number of hydrogen-bond donors (Lipinski definition) is 1. The highest BCUT2D eigenvalue weighted by molar-refractivity contribution is 6.07. The lowest BCUT2D eigenvalue weighted by Crippen LogP contribution is -2.30. The van der Waals surface area contributed by atoms with Gasteiger partial charge in [-0.25, -0.2) is 14.2 Å². The van der Waals surface area contributed by atoms with E-state index in [0.29, 0.717) is 18.0 Å². The molecule has 0 fully saturated rings. The second kappa shape index (κ2) is 9.58. The van der Waals surface area contributed by atoms with Gasteiger partial charge >= 0.3 is 6.03 Å². The third-order valence-corrected chi connectivity index (χ3v) is 5.57. The highest BCUT2D eigenvalue weighted by atomic mass is 19.1. The van der Waals surface area contributed by atoms with Crippen LogP contribution in [0, 0.1) is 5.82 Å². The maximum Gasteiger partial charge on any atom is 0.342 e. The zero-order chi connectivity index (χ0) is 23.3. The number of halogens is 1. The number of nitrogens with one attached hydrogen (secondary N) is 1. The maximum atomic E-state index is 13.5. The number of rotatable bonds is 5. The van der Waals surface area contributed by atoms with Crippen molar-refractivity contribution in [1.29, 1.82) is 0 Å². The number of anilines is 1. The summed E-state index contributed by atoms with van der Waals surface area (Å²) in [6.45, 7) is 0.387. The highest BCUT2D eigenvalue weighted by Crippen LogP contribution is 2.30. The van der Waals surface area contributed by atoms with Gasteiger partial charge in [-0.15, -0.1) is 0 Å². The van der Waals surface area contributed by atoms with Crippen LogP contribution in [0.15, 0.2) is 114 Å². The lowest BCUT2D eigenvalue weighted by Gasteiger charge is -2.16. The predicted octanol–water partition coefficient (Wildman–Crippen LogP) is 6.65. The molecule has 0 radical (unpaired) electrons. The van der Waals surface area contributed by atoms with Crippen molar-refractivity contribution in [2.24, 2.45) is 5.10 Å². The van der Waals surface area contributed by atoms with E-state index in [9.17, 15) is 9.18 Å². The molecule has 5 rings (SSSR count). The van der Waals surface area contributed by atoms with E-state index in [0.717, 1.165) is 22.6 Å². The Hall–Kier alpha value is -4.45. The monoisotopic (exact) mass is 451 g/mol. The normalized spacial score (nSPS) is 15.0. The fraction of sp³-hybridized carbons (Fsp3) is 0.0714. The Kier molecular flexibility index (Phi) is 6.03. The van der Waals surface area contributed by atoms with Crippen LogP contribution < -0.4 is 10.1 Å². The molecule has 0 aromatic heterocycles. The number of hydrogen-bond acceptors (Lipinski definition) is 3. The summed E-state index contributed by atoms with van der Waals surface area (Å²) >= 11 is 0. The lowest BCUT2D eigenvalue weighted by atomic mass is 9.91. The first-order valence-corrected chi connectivity index (χ1v) is 11.0. The highest BCUT2D eigenvalue weighted by Gasteiger charge is 2.32. The molecule has 1 unspecified atom stereocenters. The molecule has 6 heteroatoms. The summed E-state index contributed by atoms with van der Waals surface area (Å²) in [6, 6.07) is 32.4. The molecule has 4 aromatic carbocycles.